The van der Waals surface area contributed by atoms with Crippen LogP contribution in [0.25, 0.3) is 0 Å². The highest BCUT2D eigenvalue weighted by Crippen LogP contribution is 2.37. The molecule has 0 spiro atoms. The third-order valence-corrected chi connectivity index (χ3v) is 4.96. The monoisotopic (exact) mass is 340 g/mol. The molecule has 0 bridgehead atoms. The highest BCUT2D eigenvalue weighted by atomic mass is 79.9. The van der Waals surface area contributed by atoms with Crippen molar-refractivity contribution in [2.45, 2.75) is 18.7 Å². The van der Waals surface area contributed by atoms with Gasteiger partial charge < -0.3 is 19.5 Å². The number of hydrogen-bond acceptors (Lipinski definition) is 5. The zero-order chi connectivity index (χ0) is 13.5. The minimum atomic E-state index is 0.317. The summed E-state index contributed by atoms with van der Waals surface area (Å²) in [6.07, 6.45) is 0.330. The van der Waals surface area contributed by atoms with Gasteiger partial charge in [0.05, 0.1) is 12.7 Å². The number of ether oxygens (including phenoxy) is 3. The van der Waals surface area contributed by atoms with Gasteiger partial charge in [-0.3, -0.25) is 4.90 Å². The maximum absolute atomic E-state index is 5.81. The molecule has 0 radical (unpaired) electrons. The molecular formula is C14H17BrN2O3. The van der Waals surface area contributed by atoms with E-state index in [1.54, 1.807) is 0 Å². The zero-order valence-corrected chi connectivity index (χ0v) is 12.7. The van der Waals surface area contributed by atoms with Crippen molar-refractivity contribution in [3.63, 3.8) is 0 Å². The average Bonchev–Trinajstić information content (AvgIpc) is 3.07. The van der Waals surface area contributed by atoms with E-state index in [-0.39, 0.29) is 0 Å². The summed E-state index contributed by atoms with van der Waals surface area (Å²) in [7, 11) is 0. The summed E-state index contributed by atoms with van der Waals surface area (Å²) < 4.78 is 17.8. The van der Waals surface area contributed by atoms with Crippen molar-refractivity contribution in [2.24, 2.45) is 0 Å². The van der Waals surface area contributed by atoms with Gasteiger partial charge in [-0.2, -0.15) is 0 Å². The van der Waals surface area contributed by atoms with Crippen molar-refractivity contribution in [3.8, 4) is 11.5 Å². The van der Waals surface area contributed by atoms with E-state index in [4.69, 9.17) is 14.2 Å². The van der Waals surface area contributed by atoms with Crippen LogP contribution >= 0.6 is 15.9 Å². The van der Waals surface area contributed by atoms with Gasteiger partial charge in [-0.1, -0.05) is 15.9 Å². The van der Waals surface area contributed by atoms with Crippen molar-refractivity contribution in [1.29, 1.82) is 0 Å². The molecule has 108 valence electrons. The van der Waals surface area contributed by atoms with Crippen LogP contribution in [0.15, 0.2) is 16.6 Å². The highest BCUT2D eigenvalue weighted by Gasteiger charge is 2.36. The van der Waals surface area contributed by atoms with Crippen molar-refractivity contribution >= 4 is 15.9 Å². The summed E-state index contributed by atoms with van der Waals surface area (Å²) in [6, 6.07) is 4.56. The molecule has 2 saturated heterocycles. The van der Waals surface area contributed by atoms with Crippen LogP contribution in [0.4, 0.5) is 0 Å². The van der Waals surface area contributed by atoms with Gasteiger partial charge in [0.2, 0.25) is 6.79 Å². The van der Waals surface area contributed by atoms with Gasteiger partial charge in [-0.05, 0) is 17.7 Å². The molecule has 3 aliphatic rings. The van der Waals surface area contributed by atoms with Crippen molar-refractivity contribution in [3.05, 3.63) is 22.2 Å². The molecule has 5 nitrogen and oxygen atoms in total. The third-order valence-electron chi connectivity index (χ3n) is 4.22. The van der Waals surface area contributed by atoms with Crippen LogP contribution in [0.3, 0.4) is 0 Å². The van der Waals surface area contributed by atoms with Crippen molar-refractivity contribution in [2.75, 3.05) is 33.0 Å². The Morgan fingerprint density at radius 3 is 3.00 bits per heavy atom. The second kappa shape index (κ2) is 5.18. The minimum Gasteiger partial charge on any atom is -0.454 e. The van der Waals surface area contributed by atoms with Crippen LogP contribution in [0, 0.1) is 0 Å². The van der Waals surface area contributed by atoms with E-state index in [1.165, 1.54) is 5.56 Å². The molecule has 1 aromatic rings. The molecule has 2 fully saturated rings. The Kier molecular flexibility index (Phi) is 3.34. The molecule has 0 aliphatic carbocycles. The number of rotatable bonds is 2. The van der Waals surface area contributed by atoms with Gasteiger partial charge in [0.25, 0.3) is 0 Å². The first-order valence-electron chi connectivity index (χ1n) is 6.95. The second-order valence-corrected chi connectivity index (χ2v) is 6.26. The number of fused-ring (bicyclic) bond motifs is 2. The fraction of sp³-hybridized carbons (Fsp3) is 0.571. The van der Waals surface area contributed by atoms with Gasteiger partial charge in [0.1, 0.15) is 0 Å². The summed E-state index contributed by atoms with van der Waals surface area (Å²) in [5.74, 6) is 1.67. The number of hydrogen-bond donors (Lipinski definition) is 1. The molecule has 4 rings (SSSR count). The lowest BCUT2D eigenvalue weighted by atomic mass is 10.1. The van der Waals surface area contributed by atoms with E-state index in [0.29, 0.717) is 18.9 Å². The number of halogens is 1. The van der Waals surface area contributed by atoms with E-state index in [2.05, 4.69) is 32.2 Å². The van der Waals surface area contributed by atoms with Crippen LogP contribution in [0.5, 0.6) is 11.5 Å². The molecule has 20 heavy (non-hydrogen) atoms. The fourth-order valence-electron chi connectivity index (χ4n) is 3.16. The highest BCUT2D eigenvalue weighted by molar-refractivity contribution is 9.10. The topological polar surface area (TPSA) is 43.0 Å². The Hall–Kier alpha value is -0.820. The molecule has 0 unspecified atom stereocenters. The first kappa shape index (κ1) is 12.9. The lowest BCUT2D eigenvalue weighted by Gasteiger charge is -2.37. The largest absolute Gasteiger partial charge is 0.454 e. The van der Waals surface area contributed by atoms with Crippen molar-refractivity contribution in [1.82, 2.24) is 10.2 Å². The summed E-state index contributed by atoms with van der Waals surface area (Å²) in [5.41, 5.74) is 1.24. The average molecular weight is 341 g/mol. The first-order chi connectivity index (χ1) is 9.81. The lowest BCUT2D eigenvalue weighted by Crippen LogP contribution is -2.50. The van der Waals surface area contributed by atoms with Gasteiger partial charge >= 0.3 is 0 Å². The summed E-state index contributed by atoms with van der Waals surface area (Å²) in [4.78, 5) is 2.50. The van der Waals surface area contributed by atoms with E-state index in [9.17, 15) is 0 Å². The standard InChI is InChI=1S/C14H17BrN2O3/c15-10-4-13-12(19-8-20-13)3-9(10)7-17-1-2-18-14-6-16-5-11(14)17/h3-4,11,14,16H,1-2,5-8H2/t11-,14+/m1/s1. The van der Waals surface area contributed by atoms with Crippen LogP contribution < -0.4 is 14.8 Å². The Morgan fingerprint density at radius 2 is 2.10 bits per heavy atom. The number of morpholine rings is 1. The third kappa shape index (κ3) is 2.20. The summed E-state index contributed by atoms with van der Waals surface area (Å²) in [6.45, 7) is 4.98. The normalized spacial score (nSPS) is 28.6. The van der Waals surface area contributed by atoms with Gasteiger partial charge in [0.15, 0.2) is 11.5 Å². The predicted molar refractivity (Wildman–Crippen MR) is 77.1 cm³/mol. The number of nitrogens with zero attached hydrogens (tertiary/aromatic N) is 1. The van der Waals surface area contributed by atoms with E-state index >= 15 is 0 Å². The maximum atomic E-state index is 5.81. The minimum absolute atomic E-state index is 0.317. The van der Waals surface area contributed by atoms with E-state index < -0.39 is 0 Å². The van der Waals surface area contributed by atoms with Crippen LogP contribution in [-0.4, -0.2) is 50.1 Å². The van der Waals surface area contributed by atoms with Gasteiger partial charge in [-0.15, -0.1) is 0 Å². The molecule has 2 atom stereocenters. The summed E-state index contributed by atoms with van der Waals surface area (Å²) in [5, 5.41) is 3.41. The quantitative estimate of drug-likeness (QED) is 0.880. The molecule has 1 N–H and O–H groups in total. The van der Waals surface area contributed by atoms with E-state index in [1.807, 2.05) is 6.07 Å². The molecule has 3 heterocycles. The molecule has 6 heteroatoms. The molecule has 0 saturated carbocycles. The molecule has 0 aromatic heterocycles. The number of nitrogens with one attached hydrogen (secondary N) is 1. The van der Waals surface area contributed by atoms with Crippen LogP contribution in [0.1, 0.15) is 5.56 Å². The van der Waals surface area contributed by atoms with Crippen LogP contribution in [-0.2, 0) is 11.3 Å². The Labute approximate surface area is 126 Å². The first-order valence-corrected chi connectivity index (χ1v) is 7.75. The SMILES string of the molecule is Brc1cc2c(cc1CN1CCO[C@H]3CNC[C@H]31)OCO2. The van der Waals surface area contributed by atoms with Gasteiger partial charge in [-0.25, -0.2) is 0 Å². The summed E-state index contributed by atoms with van der Waals surface area (Å²) >= 11 is 3.64. The Balaban J connectivity index is 1.56. The molecule has 1 aromatic carbocycles. The molecule has 0 amide bonds. The number of benzene rings is 1. The maximum Gasteiger partial charge on any atom is 0.231 e. The van der Waals surface area contributed by atoms with E-state index in [0.717, 1.165) is 48.8 Å². The lowest BCUT2D eigenvalue weighted by molar-refractivity contribution is -0.0501. The Morgan fingerprint density at radius 1 is 1.25 bits per heavy atom. The molecule has 3 aliphatic heterocycles. The molecular weight excluding hydrogens is 324 g/mol. The predicted octanol–water partition coefficient (Wildman–Crippen LogP) is 1.35. The van der Waals surface area contributed by atoms with Crippen molar-refractivity contribution < 1.29 is 14.2 Å². The van der Waals surface area contributed by atoms with Crippen LogP contribution in [0.2, 0.25) is 0 Å². The smallest absolute Gasteiger partial charge is 0.231 e. The fourth-order valence-corrected chi connectivity index (χ4v) is 3.61. The Bertz CT molecular complexity index is 525. The zero-order valence-electron chi connectivity index (χ0n) is 11.1. The second-order valence-electron chi connectivity index (χ2n) is 5.40. The van der Waals surface area contributed by atoms with Gasteiger partial charge in [0, 0.05) is 36.7 Å².